The fourth-order valence-corrected chi connectivity index (χ4v) is 1.77. The maximum Gasteiger partial charge on any atom is 0.0444 e. The molecule has 1 heteroatoms. The maximum absolute atomic E-state index is 6.40. The zero-order valence-electron chi connectivity index (χ0n) is 10.2. The molecule has 0 amide bonds. The van der Waals surface area contributed by atoms with Crippen molar-refractivity contribution in [1.29, 1.82) is 0 Å². The van der Waals surface area contributed by atoms with Gasteiger partial charge in [0.15, 0.2) is 0 Å². The number of halogens is 1. The maximum atomic E-state index is 6.40. The van der Waals surface area contributed by atoms with E-state index in [2.05, 4.69) is 48.5 Å². The Bertz CT molecular complexity index is 151. The van der Waals surface area contributed by atoms with E-state index in [4.69, 9.17) is 11.6 Å². The fourth-order valence-electron chi connectivity index (χ4n) is 1.59. The van der Waals surface area contributed by atoms with E-state index in [-0.39, 0.29) is 10.3 Å². The van der Waals surface area contributed by atoms with Crippen molar-refractivity contribution < 1.29 is 0 Å². The third-order valence-electron chi connectivity index (χ3n) is 3.59. The zero-order valence-corrected chi connectivity index (χ0v) is 11.0. The number of hydrogen-bond donors (Lipinski definition) is 0. The monoisotopic (exact) mass is 204 g/mol. The van der Waals surface area contributed by atoms with Gasteiger partial charge in [-0.3, -0.25) is 0 Å². The van der Waals surface area contributed by atoms with Gasteiger partial charge in [-0.1, -0.05) is 34.6 Å². The van der Waals surface area contributed by atoms with Crippen LogP contribution in [0.2, 0.25) is 0 Å². The van der Waals surface area contributed by atoms with Crippen LogP contribution < -0.4 is 0 Å². The summed E-state index contributed by atoms with van der Waals surface area (Å²) < 4.78 is 0. The summed E-state index contributed by atoms with van der Waals surface area (Å²) in [6, 6.07) is 0. The van der Waals surface area contributed by atoms with Gasteiger partial charge in [0.05, 0.1) is 0 Å². The van der Waals surface area contributed by atoms with Gasteiger partial charge in [-0.15, -0.1) is 11.6 Å². The molecule has 0 rings (SSSR count). The van der Waals surface area contributed by atoms with Crippen molar-refractivity contribution in [3.05, 3.63) is 0 Å². The van der Waals surface area contributed by atoms with Gasteiger partial charge >= 0.3 is 0 Å². The minimum Gasteiger partial charge on any atom is -0.119 e. The average molecular weight is 205 g/mol. The van der Waals surface area contributed by atoms with Crippen LogP contribution in [0.15, 0.2) is 0 Å². The van der Waals surface area contributed by atoms with Crippen molar-refractivity contribution in [2.45, 2.75) is 59.8 Å². The molecule has 0 aliphatic carbocycles. The smallest absolute Gasteiger partial charge is 0.0444 e. The molecule has 0 bridgehead atoms. The second-order valence-corrected chi connectivity index (χ2v) is 6.67. The van der Waals surface area contributed by atoms with Crippen molar-refractivity contribution in [3.8, 4) is 0 Å². The lowest BCUT2D eigenvalue weighted by Crippen LogP contribution is -2.39. The van der Waals surface area contributed by atoms with Gasteiger partial charge in [0, 0.05) is 4.87 Å². The van der Waals surface area contributed by atoms with E-state index in [1.807, 2.05) is 0 Å². The predicted octanol–water partition coefficient (Wildman–Crippen LogP) is 4.71. The highest BCUT2D eigenvalue weighted by atomic mass is 35.5. The van der Waals surface area contributed by atoms with Gasteiger partial charge in [0.2, 0.25) is 0 Å². The SMILES string of the molecule is CC(C)CC(C)C(C)(C)C(C)(C)Cl. The van der Waals surface area contributed by atoms with Gasteiger partial charge in [-0.25, -0.2) is 0 Å². The largest absolute Gasteiger partial charge is 0.119 e. The van der Waals surface area contributed by atoms with Crippen molar-refractivity contribution in [3.63, 3.8) is 0 Å². The van der Waals surface area contributed by atoms with Gasteiger partial charge in [-0.2, -0.15) is 0 Å². The van der Waals surface area contributed by atoms with Crippen LogP contribution in [0.1, 0.15) is 54.9 Å². The number of hydrogen-bond acceptors (Lipinski definition) is 0. The van der Waals surface area contributed by atoms with Crippen LogP contribution in [0.4, 0.5) is 0 Å². The molecule has 0 saturated carbocycles. The number of rotatable bonds is 4. The Morgan fingerprint density at radius 2 is 1.38 bits per heavy atom. The lowest BCUT2D eigenvalue weighted by Gasteiger charge is -2.42. The third kappa shape index (κ3) is 3.50. The Balaban J connectivity index is 4.45. The average Bonchev–Trinajstić information content (AvgIpc) is 1.82. The molecule has 0 aromatic heterocycles. The summed E-state index contributed by atoms with van der Waals surface area (Å²) in [6.07, 6.45) is 1.25. The summed E-state index contributed by atoms with van der Waals surface area (Å²) >= 11 is 6.40. The summed E-state index contributed by atoms with van der Waals surface area (Å²) in [5.74, 6) is 1.42. The summed E-state index contributed by atoms with van der Waals surface area (Å²) in [5.41, 5.74) is 0.193. The molecule has 0 N–H and O–H groups in total. The highest BCUT2D eigenvalue weighted by Crippen LogP contribution is 2.44. The predicted molar refractivity (Wildman–Crippen MR) is 62.3 cm³/mol. The molecule has 80 valence electrons. The van der Waals surface area contributed by atoms with Crippen LogP contribution in [-0.4, -0.2) is 4.87 Å². The normalized spacial score (nSPS) is 16.4. The molecule has 0 aliphatic rings. The molecule has 0 nitrogen and oxygen atoms in total. The van der Waals surface area contributed by atoms with E-state index in [0.717, 1.165) is 5.92 Å². The molecular formula is C12H25Cl. The lowest BCUT2D eigenvalue weighted by molar-refractivity contribution is 0.149. The molecular weight excluding hydrogens is 180 g/mol. The first-order valence-corrected chi connectivity index (χ1v) is 5.65. The Hall–Kier alpha value is 0.290. The summed E-state index contributed by atoms with van der Waals surface area (Å²) in [6.45, 7) is 15.6. The first-order valence-electron chi connectivity index (χ1n) is 5.28. The highest BCUT2D eigenvalue weighted by molar-refractivity contribution is 6.23. The zero-order chi connectivity index (χ0) is 10.9. The van der Waals surface area contributed by atoms with E-state index in [9.17, 15) is 0 Å². The standard InChI is InChI=1S/C12H25Cl/c1-9(2)8-10(3)11(4,5)12(6,7)13/h9-10H,8H2,1-7H3. The van der Waals surface area contributed by atoms with Crippen molar-refractivity contribution in [1.82, 2.24) is 0 Å². The highest BCUT2D eigenvalue weighted by Gasteiger charge is 2.39. The molecule has 13 heavy (non-hydrogen) atoms. The molecule has 1 atom stereocenters. The minimum atomic E-state index is -0.124. The van der Waals surface area contributed by atoms with Crippen molar-refractivity contribution in [2.24, 2.45) is 17.3 Å². The molecule has 0 radical (unpaired) electrons. The quantitative estimate of drug-likeness (QED) is 0.582. The Kier molecular flexibility index (Phi) is 4.30. The second-order valence-electron chi connectivity index (χ2n) is 5.72. The Labute approximate surface area is 89.1 Å². The van der Waals surface area contributed by atoms with Gasteiger partial charge < -0.3 is 0 Å². The fraction of sp³-hybridized carbons (Fsp3) is 1.00. The minimum absolute atomic E-state index is 0.124. The van der Waals surface area contributed by atoms with Crippen LogP contribution in [0.5, 0.6) is 0 Å². The molecule has 0 aromatic carbocycles. The van der Waals surface area contributed by atoms with Gasteiger partial charge in [-0.05, 0) is 37.5 Å². The van der Waals surface area contributed by atoms with Crippen LogP contribution in [-0.2, 0) is 0 Å². The van der Waals surface area contributed by atoms with Crippen LogP contribution in [0, 0.1) is 17.3 Å². The van der Waals surface area contributed by atoms with Crippen LogP contribution in [0.25, 0.3) is 0 Å². The lowest BCUT2D eigenvalue weighted by atomic mass is 9.68. The topological polar surface area (TPSA) is 0 Å². The van der Waals surface area contributed by atoms with Crippen LogP contribution >= 0.6 is 11.6 Å². The van der Waals surface area contributed by atoms with Gasteiger partial charge in [0.1, 0.15) is 0 Å². The molecule has 1 unspecified atom stereocenters. The third-order valence-corrected chi connectivity index (χ3v) is 4.08. The first kappa shape index (κ1) is 13.3. The van der Waals surface area contributed by atoms with E-state index >= 15 is 0 Å². The van der Waals surface area contributed by atoms with Gasteiger partial charge in [0.25, 0.3) is 0 Å². The molecule has 0 heterocycles. The van der Waals surface area contributed by atoms with E-state index in [1.165, 1.54) is 6.42 Å². The summed E-state index contributed by atoms with van der Waals surface area (Å²) in [4.78, 5) is -0.124. The Morgan fingerprint density at radius 3 is 1.62 bits per heavy atom. The van der Waals surface area contributed by atoms with Crippen LogP contribution in [0.3, 0.4) is 0 Å². The Morgan fingerprint density at radius 1 is 1.00 bits per heavy atom. The van der Waals surface area contributed by atoms with E-state index in [1.54, 1.807) is 0 Å². The molecule has 0 aromatic rings. The van der Waals surface area contributed by atoms with Crippen molar-refractivity contribution >= 4 is 11.6 Å². The van der Waals surface area contributed by atoms with Crippen molar-refractivity contribution in [2.75, 3.05) is 0 Å². The molecule has 0 fully saturated rings. The van der Waals surface area contributed by atoms with E-state index in [0.29, 0.717) is 5.92 Å². The number of alkyl halides is 1. The summed E-state index contributed by atoms with van der Waals surface area (Å²) in [7, 11) is 0. The molecule has 0 aliphatic heterocycles. The first-order chi connectivity index (χ1) is 5.59. The molecule has 0 saturated heterocycles. The molecule has 0 spiro atoms. The van der Waals surface area contributed by atoms with E-state index < -0.39 is 0 Å². The second kappa shape index (κ2) is 4.21. The summed E-state index contributed by atoms with van der Waals surface area (Å²) in [5, 5.41) is 0.